The van der Waals surface area contributed by atoms with Crippen LogP contribution < -0.4 is 15.4 Å². The van der Waals surface area contributed by atoms with Crippen LogP contribution in [0.5, 0.6) is 5.75 Å². The average molecular weight is 475 g/mol. The smallest absolute Gasteiger partial charge is 0.173 e. The Morgan fingerprint density at radius 1 is 1.11 bits per heavy atom. The molecule has 0 amide bonds. The molecule has 0 unspecified atom stereocenters. The van der Waals surface area contributed by atoms with E-state index in [-0.39, 0.29) is 17.5 Å². The number of pyridine rings is 2. The van der Waals surface area contributed by atoms with E-state index in [1.807, 2.05) is 26.8 Å². The molecule has 3 N–H and O–H groups in total. The normalized spacial score (nSPS) is 12.5. The van der Waals surface area contributed by atoms with Crippen molar-refractivity contribution in [1.82, 2.24) is 20.2 Å². The molecule has 1 aliphatic rings. The summed E-state index contributed by atoms with van der Waals surface area (Å²) in [5, 5.41) is 22.6. The van der Waals surface area contributed by atoms with E-state index in [1.165, 1.54) is 13.3 Å². The van der Waals surface area contributed by atoms with Crippen LogP contribution in [0.1, 0.15) is 55.2 Å². The number of aliphatic imine (C=N–C) groups is 1. The number of Topliss-reactive ketones (excluding diaryl/α,β-unsaturated/α-hetero) is 1. The highest BCUT2D eigenvalue weighted by atomic mass is 16.5. The first-order valence-corrected chi connectivity index (χ1v) is 11.5. The van der Waals surface area contributed by atoms with Crippen molar-refractivity contribution in [3.8, 4) is 5.75 Å². The van der Waals surface area contributed by atoms with Crippen molar-refractivity contribution in [2.24, 2.45) is 10.9 Å². The second kappa shape index (κ2) is 11.8. The number of aromatic nitrogens is 4. The van der Waals surface area contributed by atoms with Gasteiger partial charge in [-0.15, -0.1) is 5.10 Å². The highest BCUT2D eigenvalue weighted by molar-refractivity contribution is 6.06. The monoisotopic (exact) mass is 474 g/mol. The van der Waals surface area contributed by atoms with Gasteiger partial charge in [0.05, 0.1) is 29.6 Å². The zero-order valence-electron chi connectivity index (χ0n) is 20.6. The van der Waals surface area contributed by atoms with E-state index in [1.54, 1.807) is 37.5 Å². The third kappa shape index (κ3) is 6.23. The van der Waals surface area contributed by atoms with Crippen molar-refractivity contribution in [1.29, 1.82) is 5.41 Å². The lowest BCUT2D eigenvalue weighted by Crippen LogP contribution is -2.10. The van der Waals surface area contributed by atoms with Gasteiger partial charge in [0.25, 0.3) is 0 Å². The second-order valence-electron chi connectivity index (χ2n) is 7.54. The van der Waals surface area contributed by atoms with Gasteiger partial charge in [0.1, 0.15) is 5.82 Å². The summed E-state index contributed by atoms with van der Waals surface area (Å²) in [5.74, 6) is 1.83. The van der Waals surface area contributed by atoms with Crippen molar-refractivity contribution in [2.45, 2.75) is 40.5 Å². The number of hydrogen-bond acceptors (Lipinski definition) is 9. The van der Waals surface area contributed by atoms with E-state index in [0.29, 0.717) is 40.0 Å². The molecular formula is C25H30N8O2. The number of ether oxygens (including phenoxy) is 1. The van der Waals surface area contributed by atoms with Crippen molar-refractivity contribution in [2.75, 3.05) is 17.7 Å². The number of rotatable bonds is 8. The third-order valence-electron chi connectivity index (χ3n) is 5.05. The molecule has 0 spiro atoms. The summed E-state index contributed by atoms with van der Waals surface area (Å²) in [7, 11) is 1.50. The molecule has 1 aliphatic carbocycles. The fraction of sp³-hybridized carbons (Fsp3) is 0.320. The minimum Gasteiger partial charge on any atom is -0.492 e. The van der Waals surface area contributed by atoms with E-state index in [0.717, 1.165) is 18.5 Å². The topological polar surface area (TPSA) is 138 Å². The lowest BCUT2D eigenvalue weighted by molar-refractivity contribution is 0.0968. The number of hydrogen-bond donors (Lipinski definition) is 3. The Labute approximate surface area is 204 Å². The van der Waals surface area contributed by atoms with Gasteiger partial charge in [0, 0.05) is 30.6 Å². The number of nitrogens with zero attached hydrogens (tertiary/aromatic N) is 5. The molecular weight excluding hydrogens is 444 g/mol. The molecule has 0 saturated heterocycles. The zero-order chi connectivity index (χ0) is 25.4. The van der Waals surface area contributed by atoms with Crippen molar-refractivity contribution in [3.05, 3.63) is 53.5 Å². The number of carbonyl (C=O) groups is 1. The highest BCUT2D eigenvalue weighted by Gasteiger charge is 2.32. The maximum Gasteiger partial charge on any atom is 0.173 e. The van der Waals surface area contributed by atoms with Gasteiger partial charge in [-0.2, -0.15) is 5.10 Å². The summed E-state index contributed by atoms with van der Waals surface area (Å²) < 4.78 is 5.54. The molecule has 0 radical (unpaired) electrons. The lowest BCUT2D eigenvalue weighted by Gasteiger charge is -2.16. The first-order valence-electron chi connectivity index (χ1n) is 11.5. The van der Waals surface area contributed by atoms with Gasteiger partial charge in [0.2, 0.25) is 0 Å². The minimum atomic E-state index is 0.0161. The van der Waals surface area contributed by atoms with Crippen LogP contribution in [0.15, 0.2) is 41.7 Å². The molecule has 182 valence electrons. The fourth-order valence-electron chi connectivity index (χ4n) is 3.24. The SMILES string of the molecule is CC.CC=NC(=N)c1ccnc(Nc2cc(Nc3ccc(C)nn3)ncc2C(=O)C2CC2)c1OC. The molecule has 0 bridgehead atoms. The van der Waals surface area contributed by atoms with Gasteiger partial charge in [-0.1, -0.05) is 13.8 Å². The standard InChI is InChI=1S/C23H24N8O2.C2H6/c1-4-25-22(24)15-9-10-26-23(21(15)33-3)28-17-11-19(29-18-8-5-13(2)30-31-18)27-12-16(17)20(32)14-6-7-14;1-2/h4-5,8-12,14,24H,6-7H2,1-3H3,(H2,26,27,28,29,31);1-2H3. The third-order valence-corrected chi connectivity index (χ3v) is 5.05. The van der Waals surface area contributed by atoms with Gasteiger partial charge in [-0.05, 0) is 44.9 Å². The van der Waals surface area contributed by atoms with Crippen LogP contribution in [0.25, 0.3) is 0 Å². The summed E-state index contributed by atoms with van der Waals surface area (Å²) >= 11 is 0. The number of carbonyl (C=O) groups excluding carboxylic acids is 1. The van der Waals surface area contributed by atoms with Gasteiger partial charge in [0.15, 0.2) is 29.0 Å². The summed E-state index contributed by atoms with van der Waals surface area (Å²) in [5.41, 5.74) is 2.27. The van der Waals surface area contributed by atoms with E-state index in [2.05, 4.69) is 35.8 Å². The Morgan fingerprint density at radius 2 is 1.89 bits per heavy atom. The first kappa shape index (κ1) is 25.4. The highest BCUT2D eigenvalue weighted by Crippen LogP contribution is 2.37. The van der Waals surface area contributed by atoms with Crippen LogP contribution in [0.2, 0.25) is 0 Å². The molecule has 10 heteroatoms. The van der Waals surface area contributed by atoms with E-state index < -0.39 is 0 Å². The molecule has 1 saturated carbocycles. The number of ketones is 1. The number of aryl methyl sites for hydroxylation is 1. The molecule has 0 aromatic carbocycles. The molecule has 3 aromatic rings. The van der Waals surface area contributed by atoms with Crippen LogP contribution in [0, 0.1) is 18.3 Å². The first-order chi connectivity index (χ1) is 17.0. The largest absolute Gasteiger partial charge is 0.492 e. The lowest BCUT2D eigenvalue weighted by atomic mass is 10.1. The molecule has 35 heavy (non-hydrogen) atoms. The van der Waals surface area contributed by atoms with E-state index >= 15 is 0 Å². The predicted molar refractivity (Wildman–Crippen MR) is 138 cm³/mol. The quantitative estimate of drug-likeness (QED) is 0.233. The number of nitrogens with one attached hydrogen (secondary N) is 3. The molecule has 4 rings (SSSR count). The minimum absolute atomic E-state index is 0.0161. The van der Waals surface area contributed by atoms with Crippen LogP contribution in [-0.2, 0) is 0 Å². The average Bonchev–Trinajstić information content (AvgIpc) is 3.72. The van der Waals surface area contributed by atoms with Crippen LogP contribution >= 0.6 is 0 Å². The van der Waals surface area contributed by atoms with Gasteiger partial charge >= 0.3 is 0 Å². The summed E-state index contributed by atoms with van der Waals surface area (Å²) in [6.07, 6.45) is 6.40. The molecule has 0 atom stereocenters. The number of methoxy groups -OCH3 is 1. The maximum atomic E-state index is 12.9. The summed E-state index contributed by atoms with van der Waals surface area (Å²) in [6, 6.07) is 7.02. The fourth-order valence-corrected chi connectivity index (χ4v) is 3.24. The van der Waals surface area contributed by atoms with E-state index in [9.17, 15) is 4.79 Å². The Hall–Kier alpha value is -4.21. The number of anilines is 4. The molecule has 10 nitrogen and oxygen atoms in total. The molecule has 3 heterocycles. The van der Waals surface area contributed by atoms with Gasteiger partial charge in [-0.25, -0.2) is 15.0 Å². The second-order valence-corrected chi connectivity index (χ2v) is 7.54. The molecule has 1 fully saturated rings. The predicted octanol–water partition coefficient (Wildman–Crippen LogP) is 5.11. The van der Waals surface area contributed by atoms with Crippen LogP contribution in [-0.4, -0.2) is 45.1 Å². The van der Waals surface area contributed by atoms with Gasteiger partial charge < -0.3 is 15.4 Å². The Balaban J connectivity index is 0.00000167. The van der Waals surface area contributed by atoms with E-state index in [4.69, 9.17) is 10.1 Å². The van der Waals surface area contributed by atoms with Crippen molar-refractivity contribution in [3.63, 3.8) is 0 Å². The maximum absolute atomic E-state index is 12.9. The molecule has 3 aromatic heterocycles. The van der Waals surface area contributed by atoms with Crippen molar-refractivity contribution < 1.29 is 9.53 Å². The Kier molecular flexibility index (Phi) is 8.55. The summed E-state index contributed by atoms with van der Waals surface area (Å²) in [6.45, 7) is 7.59. The van der Waals surface area contributed by atoms with Crippen LogP contribution in [0.4, 0.5) is 23.1 Å². The van der Waals surface area contributed by atoms with Gasteiger partial charge in [-0.3, -0.25) is 10.2 Å². The van der Waals surface area contributed by atoms with Crippen molar-refractivity contribution >= 4 is 41.0 Å². The van der Waals surface area contributed by atoms with Crippen LogP contribution in [0.3, 0.4) is 0 Å². The Morgan fingerprint density at radius 3 is 2.51 bits per heavy atom. The zero-order valence-corrected chi connectivity index (χ0v) is 20.6. The number of amidine groups is 1. The Bertz CT molecular complexity index is 1220. The summed E-state index contributed by atoms with van der Waals surface area (Å²) in [4.78, 5) is 25.7. The molecule has 0 aliphatic heterocycles.